The number of nitrogens with one attached hydrogen (secondary N) is 1. The zero-order valence-corrected chi connectivity index (χ0v) is 14.9. The summed E-state index contributed by atoms with van der Waals surface area (Å²) in [6.07, 6.45) is 6.71. The molecule has 0 saturated heterocycles. The van der Waals surface area contributed by atoms with Crippen LogP contribution in [0.5, 0.6) is 0 Å². The molecule has 2 aliphatic rings. The van der Waals surface area contributed by atoms with Crippen LogP contribution < -0.4 is 5.32 Å². The minimum atomic E-state index is 0.434. The van der Waals surface area contributed by atoms with Gasteiger partial charge >= 0.3 is 0 Å². The fourth-order valence-electron chi connectivity index (χ4n) is 4.43. The summed E-state index contributed by atoms with van der Waals surface area (Å²) in [5.74, 6) is 1.87. The topological polar surface area (TPSA) is 12.0 Å². The molecule has 0 bridgehead atoms. The van der Waals surface area contributed by atoms with Gasteiger partial charge in [0.2, 0.25) is 0 Å². The fraction of sp³-hybridized carbons (Fsp3) is 0.714. The maximum atomic E-state index is 3.71. The Morgan fingerprint density at radius 3 is 2.68 bits per heavy atom. The van der Waals surface area contributed by atoms with E-state index < -0.39 is 0 Å². The van der Waals surface area contributed by atoms with Crippen LogP contribution in [0.1, 0.15) is 76.8 Å². The van der Waals surface area contributed by atoms with Crippen molar-refractivity contribution >= 4 is 0 Å². The Morgan fingerprint density at radius 2 is 1.95 bits per heavy atom. The largest absolute Gasteiger partial charge is 0.317 e. The van der Waals surface area contributed by atoms with Crippen molar-refractivity contribution in [2.45, 2.75) is 71.1 Å². The molecular weight excluding hydrogens is 266 g/mol. The van der Waals surface area contributed by atoms with E-state index in [-0.39, 0.29) is 0 Å². The molecule has 2 aliphatic carbocycles. The van der Waals surface area contributed by atoms with Crippen molar-refractivity contribution in [1.82, 2.24) is 5.32 Å². The van der Waals surface area contributed by atoms with Crippen molar-refractivity contribution in [3.63, 3.8) is 0 Å². The summed E-state index contributed by atoms with van der Waals surface area (Å²) in [5.41, 5.74) is 4.22. The molecule has 0 aromatic heterocycles. The van der Waals surface area contributed by atoms with E-state index in [1.807, 2.05) is 0 Å². The monoisotopic (exact) mass is 299 g/mol. The standard InChI is InChI=1S/C21H33N/c1-5-21(11-13-22-12-10-20(2,3)4)15-16-14-18(16)17-8-6-7-9-19(17)21/h6-9,16,18,22H,5,10-15H2,1-4H3/t16?,18-,21?/m0/s1. The highest BCUT2D eigenvalue weighted by Gasteiger charge is 2.50. The van der Waals surface area contributed by atoms with E-state index in [1.54, 1.807) is 11.1 Å². The Balaban J connectivity index is 1.64. The Morgan fingerprint density at radius 1 is 1.18 bits per heavy atom. The first-order valence-electron chi connectivity index (χ1n) is 9.25. The minimum absolute atomic E-state index is 0.434. The van der Waals surface area contributed by atoms with Gasteiger partial charge in [-0.05, 0) is 79.0 Å². The van der Waals surface area contributed by atoms with Gasteiger partial charge in [-0.25, -0.2) is 0 Å². The molecule has 1 nitrogen and oxygen atoms in total. The van der Waals surface area contributed by atoms with E-state index in [9.17, 15) is 0 Å². The molecule has 2 unspecified atom stereocenters. The summed E-state index contributed by atoms with van der Waals surface area (Å²) in [7, 11) is 0. The molecule has 0 aliphatic heterocycles. The van der Waals surface area contributed by atoms with E-state index in [0.717, 1.165) is 24.9 Å². The second-order valence-corrected chi connectivity index (χ2v) is 8.84. The van der Waals surface area contributed by atoms with Gasteiger partial charge in [0, 0.05) is 0 Å². The predicted molar refractivity (Wildman–Crippen MR) is 95.4 cm³/mol. The summed E-state index contributed by atoms with van der Waals surface area (Å²) in [6.45, 7) is 11.7. The first kappa shape index (κ1) is 16.1. The van der Waals surface area contributed by atoms with Gasteiger partial charge < -0.3 is 5.32 Å². The Bertz CT molecular complexity index is 513. The fourth-order valence-corrected chi connectivity index (χ4v) is 4.43. The van der Waals surface area contributed by atoms with Crippen LogP contribution in [0.4, 0.5) is 0 Å². The maximum Gasteiger partial charge on any atom is -0.00319 e. The molecule has 0 radical (unpaired) electrons. The van der Waals surface area contributed by atoms with Gasteiger partial charge in [0.05, 0.1) is 0 Å². The molecule has 0 spiro atoms. The smallest absolute Gasteiger partial charge is 0.00319 e. The lowest BCUT2D eigenvalue weighted by atomic mass is 9.66. The van der Waals surface area contributed by atoms with Crippen LogP contribution in [0.3, 0.4) is 0 Å². The number of fused-ring (bicyclic) bond motifs is 3. The second-order valence-electron chi connectivity index (χ2n) is 8.84. The Hall–Kier alpha value is -0.820. The first-order valence-corrected chi connectivity index (χ1v) is 9.25. The Labute approximate surface area is 136 Å². The van der Waals surface area contributed by atoms with E-state index >= 15 is 0 Å². The van der Waals surface area contributed by atoms with Crippen molar-refractivity contribution in [1.29, 1.82) is 0 Å². The van der Waals surface area contributed by atoms with Gasteiger partial charge in [-0.3, -0.25) is 0 Å². The molecular formula is C21H33N. The molecule has 3 rings (SSSR count). The average Bonchev–Trinajstić information content (AvgIpc) is 3.25. The molecule has 3 atom stereocenters. The quantitative estimate of drug-likeness (QED) is 0.707. The number of rotatable bonds is 6. The van der Waals surface area contributed by atoms with Gasteiger partial charge in [-0.2, -0.15) is 0 Å². The van der Waals surface area contributed by atoms with Gasteiger partial charge in [0.15, 0.2) is 0 Å². The molecule has 1 aromatic carbocycles. The molecule has 0 amide bonds. The van der Waals surface area contributed by atoms with Gasteiger partial charge in [-0.15, -0.1) is 0 Å². The summed E-state index contributed by atoms with van der Waals surface area (Å²) < 4.78 is 0. The number of hydrogen-bond acceptors (Lipinski definition) is 1. The lowest BCUT2D eigenvalue weighted by Crippen LogP contribution is -2.34. The Kier molecular flexibility index (Phi) is 4.38. The first-order chi connectivity index (χ1) is 10.5. The van der Waals surface area contributed by atoms with E-state index in [2.05, 4.69) is 57.3 Å². The third-order valence-electron chi connectivity index (χ3n) is 6.02. The number of hydrogen-bond donors (Lipinski definition) is 1. The van der Waals surface area contributed by atoms with Crippen molar-refractivity contribution in [3.05, 3.63) is 35.4 Å². The van der Waals surface area contributed by atoms with Crippen LogP contribution in [-0.2, 0) is 5.41 Å². The molecule has 22 heavy (non-hydrogen) atoms. The zero-order chi connectivity index (χ0) is 15.8. The molecule has 0 heterocycles. The molecule has 1 N–H and O–H groups in total. The minimum Gasteiger partial charge on any atom is -0.317 e. The zero-order valence-electron chi connectivity index (χ0n) is 14.9. The molecule has 122 valence electrons. The summed E-state index contributed by atoms with van der Waals surface area (Å²) in [5, 5.41) is 3.71. The molecule has 1 aromatic rings. The van der Waals surface area contributed by atoms with Crippen LogP contribution in [-0.4, -0.2) is 13.1 Å². The van der Waals surface area contributed by atoms with Crippen LogP contribution in [0, 0.1) is 11.3 Å². The summed E-state index contributed by atoms with van der Waals surface area (Å²) in [6, 6.07) is 9.31. The number of benzene rings is 1. The second kappa shape index (κ2) is 6.00. The third-order valence-corrected chi connectivity index (χ3v) is 6.02. The normalized spacial score (nSPS) is 29.8. The molecule has 1 heteroatoms. The SMILES string of the molecule is CCC1(CCNCCC(C)(C)C)CC2C[C@@H]2c2ccccc21. The van der Waals surface area contributed by atoms with Crippen molar-refractivity contribution in [2.75, 3.05) is 13.1 Å². The van der Waals surface area contributed by atoms with E-state index in [1.165, 1.54) is 32.1 Å². The van der Waals surface area contributed by atoms with Gasteiger partial charge in [0.25, 0.3) is 0 Å². The van der Waals surface area contributed by atoms with Crippen molar-refractivity contribution < 1.29 is 0 Å². The lowest BCUT2D eigenvalue weighted by molar-refractivity contribution is 0.303. The highest BCUT2D eigenvalue weighted by atomic mass is 14.8. The molecule has 1 fully saturated rings. The maximum absolute atomic E-state index is 3.71. The summed E-state index contributed by atoms with van der Waals surface area (Å²) >= 11 is 0. The third kappa shape index (κ3) is 3.25. The van der Waals surface area contributed by atoms with Crippen molar-refractivity contribution in [2.24, 2.45) is 11.3 Å². The average molecular weight is 300 g/mol. The summed E-state index contributed by atoms with van der Waals surface area (Å²) in [4.78, 5) is 0. The lowest BCUT2D eigenvalue weighted by Gasteiger charge is -2.39. The van der Waals surface area contributed by atoms with Crippen molar-refractivity contribution in [3.8, 4) is 0 Å². The van der Waals surface area contributed by atoms with Gasteiger partial charge in [-0.1, -0.05) is 52.0 Å². The van der Waals surface area contributed by atoms with E-state index in [0.29, 0.717) is 10.8 Å². The van der Waals surface area contributed by atoms with Crippen LogP contribution in [0.2, 0.25) is 0 Å². The van der Waals surface area contributed by atoms with E-state index in [4.69, 9.17) is 0 Å². The highest BCUT2D eigenvalue weighted by Crippen LogP contribution is 2.61. The van der Waals surface area contributed by atoms with Crippen LogP contribution in [0.25, 0.3) is 0 Å². The van der Waals surface area contributed by atoms with Gasteiger partial charge in [0.1, 0.15) is 0 Å². The van der Waals surface area contributed by atoms with Crippen LogP contribution >= 0.6 is 0 Å². The molecule has 1 saturated carbocycles. The predicted octanol–water partition coefficient (Wildman–Crippen LogP) is 5.26. The van der Waals surface area contributed by atoms with Crippen LogP contribution in [0.15, 0.2) is 24.3 Å². The highest BCUT2D eigenvalue weighted by molar-refractivity contribution is 5.43.